The molecule has 0 aliphatic heterocycles. The van der Waals surface area contributed by atoms with E-state index in [1.165, 1.54) is 0 Å². The molecule has 0 bridgehead atoms. The van der Waals surface area contributed by atoms with Gasteiger partial charge in [-0.25, -0.2) is 0 Å². The average molecular weight is 334 g/mol. The first-order valence-corrected chi connectivity index (χ1v) is 7.94. The number of rotatable bonds is 7. The van der Waals surface area contributed by atoms with E-state index in [0.29, 0.717) is 18.1 Å². The number of nitrogens with one attached hydrogen (secondary N) is 1. The Bertz CT molecular complexity index is 644. The quantitative estimate of drug-likeness (QED) is 0.817. The van der Waals surface area contributed by atoms with Crippen LogP contribution in [0.25, 0.3) is 0 Å². The molecule has 122 valence electrons. The predicted octanol–water partition coefficient (Wildman–Crippen LogP) is 2.29. The minimum absolute atomic E-state index is 0.00898. The SMILES string of the molecule is COc1ccc(CNC(=O)C[NH2+][C@H](C)c2cccc(Cl)c2)cc1. The fraction of sp³-hybridized carbons (Fsp3) is 0.278. The van der Waals surface area contributed by atoms with Gasteiger partial charge in [-0.05, 0) is 36.8 Å². The minimum atomic E-state index is 0.00898. The van der Waals surface area contributed by atoms with Gasteiger partial charge in [-0.1, -0.05) is 35.9 Å². The van der Waals surface area contributed by atoms with Gasteiger partial charge in [0.1, 0.15) is 11.8 Å². The second kappa shape index (κ2) is 8.56. The second-order valence-electron chi connectivity index (χ2n) is 5.41. The Labute approximate surface area is 141 Å². The molecule has 0 aliphatic carbocycles. The molecular weight excluding hydrogens is 312 g/mol. The molecular formula is C18H22ClN2O2+. The molecule has 5 heteroatoms. The lowest BCUT2D eigenvalue weighted by molar-refractivity contribution is -0.682. The Morgan fingerprint density at radius 3 is 2.65 bits per heavy atom. The standard InChI is InChI=1S/C18H21ClN2O2/c1-13(15-4-3-5-16(19)10-15)20-12-18(22)21-11-14-6-8-17(23-2)9-7-14/h3-10,13,20H,11-12H2,1-2H3,(H,21,22)/p+1/t13-/m1/s1. The van der Waals surface area contributed by atoms with Crippen molar-refractivity contribution in [1.82, 2.24) is 5.32 Å². The zero-order valence-electron chi connectivity index (χ0n) is 13.4. The third kappa shape index (κ3) is 5.58. The summed E-state index contributed by atoms with van der Waals surface area (Å²) < 4.78 is 5.11. The minimum Gasteiger partial charge on any atom is -0.497 e. The third-order valence-corrected chi connectivity index (χ3v) is 3.92. The highest BCUT2D eigenvalue weighted by atomic mass is 35.5. The van der Waals surface area contributed by atoms with E-state index in [9.17, 15) is 4.79 Å². The first-order valence-electron chi connectivity index (χ1n) is 7.57. The summed E-state index contributed by atoms with van der Waals surface area (Å²) in [5.41, 5.74) is 2.16. The van der Waals surface area contributed by atoms with Gasteiger partial charge >= 0.3 is 0 Å². The van der Waals surface area contributed by atoms with Crippen LogP contribution in [0.1, 0.15) is 24.1 Å². The van der Waals surface area contributed by atoms with E-state index in [2.05, 4.69) is 12.2 Å². The van der Waals surface area contributed by atoms with Crippen LogP contribution in [-0.4, -0.2) is 19.6 Å². The maximum absolute atomic E-state index is 11.9. The zero-order valence-corrected chi connectivity index (χ0v) is 14.1. The van der Waals surface area contributed by atoms with E-state index >= 15 is 0 Å². The van der Waals surface area contributed by atoms with E-state index in [-0.39, 0.29) is 11.9 Å². The molecule has 2 rings (SSSR count). The van der Waals surface area contributed by atoms with Crippen molar-refractivity contribution in [3.05, 3.63) is 64.7 Å². The Morgan fingerprint density at radius 2 is 2.00 bits per heavy atom. The first-order chi connectivity index (χ1) is 11.1. The van der Waals surface area contributed by atoms with Crippen molar-refractivity contribution in [2.45, 2.75) is 19.5 Å². The van der Waals surface area contributed by atoms with Crippen LogP contribution in [0.4, 0.5) is 0 Å². The summed E-state index contributed by atoms with van der Waals surface area (Å²) in [7, 11) is 1.63. The van der Waals surface area contributed by atoms with Crippen LogP contribution in [0.5, 0.6) is 5.75 Å². The van der Waals surface area contributed by atoms with Gasteiger partial charge in [0.2, 0.25) is 0 Å². The number of carbonyl (C=O) groups is 1. The van der Waals surface area contributed by atoms with Crippen LogP contribution in [0.15, 0.2) is 48.5 Å². The molecule has 0 radical (unpaired) electrons. The first kappa shape index (κ1) is 17.3. The van der Waals surface area contributed by atoms with Gasteiger partial charge in [0.15, 0.2) is 6.54 Å². The molecule has 23 heavy (non-hydrogen) atoms. The van der Waals surface area contributed by atoms with E-state index in [1.807, 2.05) is 53.8 Å². The summed E-state index contributed by atoms with van der Waals surface area (Å²) in [4.78, 5) is 11.9. The van der Waals surface area contributed by atoms with Gasteiger partial charge in [-0.2, -0.15) is 0 Å². The predicted molar refractivity (Wildman–Crippen MR) is 91.5 cm³/mol. The molecule has 0 unspecified atom stereocenters. The fourth-order valence-electron chi connectivity index (χ4n) is 2.23. The van der Waals surface area contributed by atoms with Gasteiger partial charge in [0.05, 0.1) is 7.11 Å². The Hall–Kier alpha value is -2.04. The lowest BCUT2D eigenvalue weighted by Crippen LogP contribution is -2.87. The number of amides is 1. The van der Waals surface area contributed by atoms with Crippen molar-refractivity contribution in [2.24, 2.45) is 0 Å². The van der Waals surface area contributed by atoms with Crippen LogP contribution in [0.2, 0.25) is 5.02 Å². The lowest BCUT2D eigenvalue weighted by atomic mass is 10.1. The molecule has 2 aromatic rings. The summed E-state index contributed by atoms with van der Waals surface area (Å²) in [6, 6.07) is 15.5. The summed E-state index contributed by atoms with van der Waals surface area (Å²) in [6.45, 7) is 2.95. The molecule has 4 nitrogen and oxygen atoms in total. The summed E-state index contributed by atoms with van der Waals surface area (Å²) in [5, 5.41) is 5.63. The Morgan fingerprint density at radius 1 is 1.26 bits per heavy atom. The molecule has 3 N–H and O–H groups in total. The third-order valence-electron chi connectivity index (χ3n) is 3.68. The van der Waals surface area contributed by atoms with Crippen LogP contribution < -0.4 is 15.4 Å². The number of hydrogen-bond donors (Lipinski definition) is 2. The summed E-state index contributed by atoms with van der Waals surface area (Å²) in [6.07, 6.45) is 0. The molecule has 0 saturated heterocycles. The number of hydrogen-bond acceptors (Lipinski definition) is 2. The van der Waals surface area contributed by atoms with Crippen LogP contribution in [0, 0.1) is 0 Å². The monoisotopic (exact) mass is 333 g/mol. The molecule has 0 aliphatic rings. The van der Waals surface area contributed by atoms with Crippen LogP contribution in [-0.2, 0) is 11.3 Å². The van der Waals surface area contributed by atoms with Gasteiger partial charge < -0.3 is 15.4 Å². The topological polar surface area (TPSA) is 54.9 Å². The molecule has 0 heterocycles. The maximum atomic E-state index is 11.9. The smallest absolute Gasteiger partial charge is 0.275 e. The number of methoxy groups -OCH3 is 1. The number of ether oxygens (including phenoxy) is 1. The fourth-order valence-corrected chi connectivity index (χ4v) is 2.42. The van der Waals surface area contributed by atoms with E-state index < -0.39 is 0 Å². The normalized spacial score (nSPS) is 11.8. The van der Waals surface area contributed by atoms with E-state index in [1.54, 1.807) is 7.11 Å². The molecule has 0 aromatic heterocycles. The van der Waals surface area contributed by atoms with Gasteiger partial charge in [0.25, 0.3) is 5.91 Å². The van der Waals surface area contributed by atoms with Crippen molar-refractivity contribution in [2.75, 3.05) is 13.7 Å². The summed E-state index contributed by atoms with van der Waals surface area (Å²) in [5.74, 6) is 0.818. The highest BCUT2D eigenvalue weighted by Crippen LogP contribution is 2.14. The molecule has 0 saturated carbocycles. The molecule has 1 atom stereocenters. The second-order valence-corrected chi connectivity index (χ2v) is 5.84. The van der Waals surface area contributed by atoms with Gasteiger partial charge in [-0.3, -0.25) is 4.79 Å². The number of nitrogens with two attached hydrogens (primary N) is 1. The van der Waals surface area contributed by atoms with Crippen molar-refractivity contribution < 1.29 is 14.8 Å². The van der Waals surface area contributed by atoms with E-state index in [4.69, 9.17) is 16.3 Å². The number of halogens is 1. The van der Waals surface area contributed by atoms with Crippen molar-refractivity contribution in [3.63, 3.8) is 0 Å². The molecule has 0 spiro atoms. The maximum Gasteiger partial charge on any atom is 0.275 e. The molecule has 1 amide bonds. The van der Waals surface area contributed by atoms with Gasteiger partial charge in [-0.15, -0.1) is 0 Å². The molecule has 2 aromatic carbocycles. The van der Waals surface area contributed by atoms with E-state index in [0.717, 1.165) is 16.9 Å². The average Bonchev–Trinajstić information content (AvgIpc) is 2.58. The summed E-state index contributed by atoms with van der Waals surface area (Å²) >= 11 is 5.99. The largest absolute Gasteiger partial charge is 0.497 e. The van der Waals surface area contributed by atoms with Gasteiger partial charge in [0, 0.05) is 17.1 Å². The zero-order chi connectivity index (χ0) is 16.7. The number of quaternary nitrogens is 1. The Balaban J connectivity index is 1.76. The van der Waals surface area contributed by atoms with Crippen molar-refractivity contribution in [1.29, 1.82) is 0 Å². The number of carbonyl (C=O) groups excluding carboxylic acids is 1. The Kier molecular flexibility index (Phi) is 6.44. The lowest BCUT2D eigenvalue weighted by Gasteiger charge is -2.11. The van der Waals surface area contributed by atoms with Crippen LogP contribution in [0.3, 0.4) is 0 Å². The highest BCUT2D eigenvalue weighted by Gasteiger charge is 2.11. The molecule has 0 fully saturated rings. The van der Waals surface area contributed by atoms with Crippen molar-refractivity contribution >= 4 is 17.5 Å². The van der Waals surface area contributed by atoms with Crippen molar-refractivity contribution in [3.8, 4) is 5.75 Å². The number of benzene rings is 2. The highest BCUT2D eigenvalue weighted by molar-refractivity contribution is 6.30. The van der Waals surface area contributed by atoms with Crippen LogP contribution >= 0.6 is 11.6 Å².